The van der Waals surface area contributed by atoms with Crippen LogP contribution in [0.4, 0.5) is 39.5 Å². The number of benzene rings is 3. The Morgan fingerprint density at radius 3 is 1.12 bits per heavy atom. The zero-order valence-electron chi connectivity index (χ0n) is 21.1. The first kappa shape index (κ1) is 38.7. The van der Waals surface area contributed by atoms with Crippen LogP contribution >= 0.6 is 27.7 Å². The molecule has 240 valence electrons. The smallest absolute Gasteiger partial charge is 0.392 e. The van der Waals surface area contributed by atoms with E-state index < -0.39 is 46.0 Å². The number of hydrogen-bond donors (Lipinski definition) is 2. The fourth-order valence-corrected chi connectivity index (χ4v) is 5.03. The van der Waals surface area contributed by atoms with E-state index in [9.17, 15) is 56.3 Å². The summed E-state index contributed by atoms with van der Waals surface area (Å²) in [6.07, 6.45) is 0. The molecule has 0 atom stereocenters. The first-order chi connectivity index (χ1) is 19.6. The molecule has 0 spiro atoms. The highest BCUT2D eigenvalue weighted by Gasteiger charge is 2.47. The second kappa shape index (κ2) is 15.6. The maximum absolute atomic E-state index is 12.1. The van der Waals surface area contributed by atoms with Gasteiger partial charge >= 0.3 is 16.5 Å². The van der Waals surface area contributed by atoms with Gasteiger partial charge in [-0.05, 0) is 64.9 Å². The van der Waals surface area contributed by atoms with Crippen molar-refractivity contribution >= 4 is 47.4 Å². The minimum Gasteiger partial charge on any atom is -0.392 e. The molecule has 6 nitrogen and oxygen atoms in total. The third-order valence-corrected chi connectivity index (χ3v) is 9.14. The number of halogens is 10. The Morgan fingerprint density at radius 2 is 0.860 bits per heavy atom. The lowest BCUT2D eigenvalue weighted by atomic mass is 10.2. The van der Waals surface area contributed by atoms with Gasteiger partial charge < -0.3 is 10.2 Å². The number of thioether (sulfide) groups is 1. The van der Waals surface area contributed by atoms with Crippen molar-refractivity contribution in [2.75, 3.05) is 0 Å². The molecule has 0 fully saturated rings. The van der Waals surface area contributed by atoms with E-state index in [2.05, 4.69) is 15.9 Å². The molecule has 0 radical (unpaired) electrons. The van der Waals surface area contributed by atoms with Crippen molar-refractivity contribution in [2.45, 2.75) is 49.8 Å². The van der Waals surface area contributed by atoms with E-state index in [0.29, 0.717) is 22.0 Å². The maximum atomic E-state index is 12.1. The Balaban J connectivity index is 0.000000324. The lowest BCUT2D eigenvalue weighted by molar-refractivity contribution is -0.0442. The van der Waals surface area contributed by atoms with Gasteiger partial charge in [0, 0.05) is 10.2 Å². The second-order valence-electron chi connectivity index (χ2n) is 7.83. The largest absolute Gasteiger partial charge is 0.501 e. The zero-order valence-corrected chi connectivity index (χ0v) is 25.1. The van der Waals surface area contributed by atoms with Crippen LogP contribution in [0, 0.1) is 0 Å². The van der Waals surface area contributed by atoms with Crippen LogP contribution in [0.1, 0.15) is 16.7 Å². The zero-order chi connectivity index (χ0) is 33.3. The van der Waals surface area contributed by atoms with Gasteiger partial charge in [-0.3, -0.25) is 0 Å². The van der Waals surface area contributed by atoms with E-state index in [1.807, 2.05) is 0 Å². The maximum Gasteiger partial charge on any atom is 0.501 e. The number of aliphatic hydroxyl groups is 2. The molecule has 0 aromatic heterocycles. The van der Waals surface area contributed by atoms with E-state index in [-0.39, 0.29) is 29.9 Å². The quantitative estimate of drug-likeness (QED) is 0.157. The van der Waals surface area contributed by atoms with Gasteiger partial charge in [-0.15, -0.1) is 0 Å². The third kappa shape index (κ3) is 11.9. The topological polar surface area (TPSA) is 109 Å². The van der Waals surface area contributed by atoms with Gasteiger partial charge in [-0.25, -0.2) is 16.8 Å². The summed E-state index contributed by atoms with van der Waals surface area (Å²) >= 11 is 2.94. The summed E-state index contributed by atoms with van der Waals surface area (Å²) in [7, 11) is -10.5. The molecule has 2 N–H and O–H groups in total. The molecule has 0 aliphatic carbocycles. The van der Waals surface area contributed by atoms with E-state index in [1.54, 1.807) is 0 Å². The average molecular weight is 752 g/mol. The molecule has 19 heteroatoms. The molecule has 0 unspecified atom stereocenters. The molecular weight excluding hydrogens is 731 g/mol. The fourth-order valence-electron chi connectivity index (χ4n) is 2.60. The molecule has 43 heavy (non-hydrogen) atoms. The average Bonchev–Trinajstić information content (AvgIpc) is 2.92. The molecular formula is C24H20BrF9O6S3. The van der Waals surface area contributed by atoms with Crippen LogP contribution in [-0.2, 0) is 38.2 Å². The third-order valence-electron chi connectivity index (χ3n) is 4.75. The standard InChI is InChI=1S/C8H6BrF3O2S.C8H7F3O3S.C8H7F3OS/c9-5-6-1-3-7(4-2-6)15(13,14)8(10,11)12;9-8(10,11)15(13,14)7-3-1-6(5-12)2-4-7;9-8(10,11)13-7-3-1-6(5-12)2-4-7/h1-4H,5H2;1-4,12H,5H2;1-4,12H,5H2. The van der Waals surface area contributed by atoms with Crippen LogP contribution in [0.15, 0.2) is 87.5 Å². The molecule has 3 aromatic rings. The van der Waals surface area contributed by atoms with Crippen molar-refractivity contribution in [1.82, 2.24) is 0 Å². The predicted molar refractivity (Wildman–Crippen MR) is 142 cm³/mol. The number of rotatable bonds is 6. The monoisotopic (exact) mass is 750 g/mol. The van der Waals surface area contributed by atoms with E-state index in [0.717, 1.165) is 36.4 Å². The number of aliphatic hydroxyl groups excluding tert-OH is 2. The summed E-state index contributed by atoms with van der Waals surface area (Å²) in [5.41, 5.74) is -13.1. The van der Waals surface area contributed by atoms with Gasteiger partial charge in [-0.2, -0.15) is 39.5 Å². The highest BCUT2D eigenvalue weighted by atomic mass is 79.9. The van der Waals surface area contributed by atoms with E-state index >= 15 is 0 Å². The first-order valence-corrected chi connectivity index (χ1v) is 15.9. The summed E-state index contributed by atoms with van der Waals surface area (Å²) in [5.74, 6) is 0. The van der Waals surface area contributed by atoms with Crippen molar-refractivity contribution in [3.8, 4) is 0 Å². The minimum absolute atomic E-state index is 0.129. The molecule has 0 saturated heterocycles. The van der Waals surface area contributed by atoms with Gasteiger partial charge in [0.1, 0.15) is 0 Å². The van der Waals surface area contributed by atoms with E-state index in [4.69, 9.17) is 10.2 Å². The van der Waals surface area contributed by atoms with Gasteiger partial charge in [0.05, 0.1) is 23.0 Å². The summed E-state index contributed by atoms with van der Waals surface area (Å²) in [6.45, 7) is -0.511. The van der Waals surface area contributed by atoms with Crippen molar-refractivity contribution in [1.29, 1.82) is 0 Å². The number of alkyl halides is 10. The molecule has 0 heterocycles. The van der Waals surface area contributed by atoms with Crippen LogP contribution in [0.3, 0.4) is 0 Å². The normalized spacial score (nSPS) is 12.5. The van der Waals surface area contributed by atoms with Crippen LogP contribution in [-0.4, -0.2) is 43.6 Å². The van der Waals surface area contributed by atoms with Crippen LogP contribution in [0.2, 0.25) is 0 Å². The van der Waals surface area contributed by atoms with Crippen molar-refractivity contribution in [2.24, 2.45) is 0 Å². The summed E-state index contributed by atoms with van der Waals surface area (Å²) in [4.78, 5) is -1.43. The molecule has 3 rings (SSSR count). The Kier molecular flexibility index (Phi) is 14.0. The lowest BCUT2D eigenvalue weighted by Gasteiger charge is -2.07. The molecule has 0 amide bonds. The minimum atomic E-state index is -5.30. The second-order valence-corrected chi connectivity index (χ2v) is 13.4. The van der Waals surface area contributed by atoms with Gasteiger partial charge in [0.25, 0.3) is 19.7 Å². The Bertz CT molecular complexity index is 1420. The Labute approximate surface area is 252 Å². The van der Waals surface area contributed by atoms with Crippen molar-refractivity contribution < 1.29 is 66.6 Å². The lowest BCUT2D eigenvalue weighted by Crippen LogP contribution is -2.23. The van der Waals surface area contributed by atoms with Crippen molar-refractivity contribution in [3.63, 3.8) is 0 Å². The number of sulfone groups is 2. The molecule has 0 aliphatic heterocycles. The Morgan fingerprint density at radius 1 is 0.558 bits per heavy atom. The van der Waals surface area contributed by atoms with Crippen LogP contribution in [0.25, 0.3) is 0 Å². The highest BCUT2D eigenvalue weighted by molar-refractivity contribution is 9.08. The summed E-state index contributed by atoms with van der Waals surface area (Å²) in [5, 5.41) is 17.7. The predicted octanol–water partition coefficient (Wildman–Crippen LogP) is 7.14. The summed E-state index contributed by atoms with van der Waals surface area (Å²) < 4.78 is 152. The number of hydrogen-bond acceptors (Lipinski definition) is 7. The highest BCUT2D eigenvalue weighted by Crippen LogP contribution is 2.36. The molecule has 0 saturated carbocycles. The molecule has 0 aliphatic rings. The SMILES string of the molecule is O=S(=O)(c1ccc(CBr)cc1)C(F)(F)F.O=S(=O)(c1ccc(CO)cc1)C(F)(F)F.OCc1ccc(SC(F)(F)F)cc1. The van der Waals surface area contributed by atoms with Crippen LogP contribution in [0.5, 0.6) is 0 Å². The van der Waals surface area contributed by atoms with E-state index in [1.165, 1.54) is 36.4 Å². The van der Waals surface area contributed by atoms with Crippen LogP contribution < -0.4 is 0 Å². The van der Waals surface area contributed by atoms with Gasteiger partial charge in [0.15, 0.2) is 0 Å². The Hall–Kier alpha value is -2.32. The first-order valence-electron chi connectivity index (χ1n) is 11.0. The summed E-state index contributed by atoms with van der Waals surface area (Å²) in [6, 6.07) is 14.0. The van der Waals surface area contributed by atoms with Gasteiger partial charge in [-0.1, -0.05) is 52.3 Å². The molecule has 3 aromatic carbocycles. The molecule has 0 bridgehead atoms. The van der Waals surface area contributed by atoms with Crippen molar-refractivity contribution in [3.05, 3.63) is 89.5 Å². The van der Waals surface area contributed by atoms with Gasteiger partial charge in [0.2, 0.25) is 0 Å². The fraction of sp³-hybridized carbons (Fsp3) is 0.250.